The molecule has 2 rings (SSSR count). The van der Waals surface area contributed by atoms with Crippen LogP contribution in [0.3, 0.4) is 0 Å². The number of carboxylic acids is 1. The van der Waals surface area contributed by atoms with Crippen LogP contribution in [0.1, 0.15) is 18.1 Å². The number of carboxylic acid groups (broad SMARTS) is 1. The molecule has 1 aliphatic rings. The molecule has 0 aromatic heterocycles. The maximum atomic E-state index is 12.1. The average molecular weight is 305 g/mol. The lowest BCUT2D eigenvalue weighted by atomic mass is 10.0. The lowest BCUT2D eigenvalue weighted by Crippen LogP contribution is -2.48. The van der Waals surface area contributed by atoms with Gasteiger partial charge in [-0.15, -0.1) is 0 Å². The standard InChI is InChI=1S/C15H19N3O4/c1-10(14(20)21)17-13(19)8-16-15(22)18-7-6-11-4-2-3-5-12(11)9-18/h2-5,10H,6-9H2,1H3,(H,16,22)(H,17,19)(H,20,21). The zero-order valence-electron chi connectivity index (χ0n) is 12.3. The smallest absolute Gasteiger partial charge is 0.325 e. The average Bonchev–Trinajstić information content (AvgIpc) is 2.52. The Morgan fingerprint density at radius 3 is 2.64 bits per heavy atom. The number of rotatable bonds is 4. The Morgan fingerprint density at radius 1 is 1.27 bits per heavy atom. The summed E-state index contributed by atoms with van der Waals surface area (Å²) < 4.78 is 0. The molecule has 118 valence electrons. The first-order chi connectivity index (χ1) is 10.5. The third kappa shape index (κ3) is 3.97. The third-order valence-corrected chi connectivity index (χ3v) is 3.57. The number of nitrogens with zero attached hydrogens (tertiary/aromatic N) is 1. The fourth-order valence-electron chi connectivity index (χ4n) is 2.29. The van der Waals surface area contributed by atoms with Crippen LogP contribution in [0.4, 0.5) is 4.79 Å². The summed E-state index contributed by atoms with van der Waals surface area (Å²) in [7, 11) is 0. The SMILES string of the molecule is CC(NC(=O)CNC(=O)N1CCc2ccccc2C1)C(=O)O. The van der Waals surface area contributed by atoms with E-state index in [1.165, 1.54) is 12.5 Å². The van der Waals surface area contributed by atoms with Crippen LogP contribution in [0.15, 0.2) is 24.3 Å². The minimum atomic E-state index is -1.12. The van der Waals surface area contributed by atoms with Crippen molar-refractivity contribution in [2.24, 2.45) is 0 Å². The number of aliphatic carboxylic acids is 1. The van der Waals surface area contributed by atoms with Gasteiger partial charge in [0.25, 0.3) is 0 Å². The van der Waals surface area contributed by atoms with E-state index in [2.05, 4.69) is 10.6 Å². The van der Waals surface area contributed by atoms with Crippen LogP contribution >= 0.6 is 0 Å². The van der Waals surface area contributed by atoms with E-state index >= 15 is 0 Å². The van der Waals surface area contributed by atoms with Crippen LogP contribution in [-0.2, 0) is 22.6 Å². The van der Waals surface area contributed by atoms with Crippen molar-refractivity contribution in [1.82, 2.24) is 15.5 Å². The molecule has 0 spiro atoms. The summed E-state index contributed by atoms with van der Waals surface area (Å²) in [5, 5.41) is 13.5. The van der Waals surface area contributed by atoms with Gasteiger partial charge < -0.3 is 20.6 Å². The maximum absolute atomic E-state index is 12.1. The molecule has 3 amide bonds. The van der Waals surface area contributed by atoms with Crippen molar-refractivity contribution >= 4 is 17.9 Å². The van der Waals surface area contributed by atoms with Crippen molar-refractivity contribution in [1.29, 1.82) is 0 Å². The number of urea groups is 1. The molecule has 1 heterocycles. The Hall–Kier alpha value is -2.57. The van der Waals surface area contributed by atoms with E-state index in [4.69, 9.17) is 5.11 Å². The van der Waals surface area contributed by atoms with Crippen LogP contribution in [-0.4, -0.2) is 47.0 Å². The molecule has 0 aliphatic carbocycles. The van der Waals surface area contributed by atoms with Gasteiger partial charge in [-0.25, -0.2) is 4.79 Å². The van der Waals surface area contributed by atoms with Crippen molar-refractivity contribution in [2.45, 2.75) is 25.9 Å². The monoisotopic (exact) mass is 305 g/mol. The van der Waals surface area contributed by atoms with Gasteiger partial charge in [0, 0.05) is 13.1 Å². The second-order valence-electron chi connectivity index (χ2n) is 5.23. The highest BCUT2D eigenvalue weighted by atomic mass is 16.4. The Labute approximate surface area is 128 Å². The van der Waals surface area contributed by atoms with Crippen LogP contribution < -0.4 is 10.6 Å². The fourth-order valence-corrected chi connectivity index (χ4v) is 2.29. The van der Waals surface area contributed by atoms with Gasteiger partial charge in [-0.05, 0) is 24.5 Å². The van der Waals surface area contributed by atoms with Crippen LogP contribution in [0.5, 0.6) is 0 Å². The molecule has 1 unspecified atom stereocenters. The molecule has 0 saturated heterocycles. The van der Waals surface area contributed by atoms with Crippen molar-refractivity contribution in [2.75, 3.05) is 13.1 Å². The molecule has 3 N–H and O–H groups in total. The van der Waals surface area contributed by atoms with Gasteiger partial charge in [-0.2, -0.15) is 0 Å². The van der Waals surface area contributed by atoms with E-state index in [0.717, 1.165) is 12.0 Å². The predicted octanol–water partition coefficient (Wildman–Crippen LogP) is 0.344. The van der Waals surface area contributed by atoms with Gasteiger partial charge in [0.05, 0.1) is 6.54 Å². The molecule has 1 aromatic rings. The third-order valence-electron chi connectivity index (χ3n) is 3.57. The van der Waals surface area contributed by atoms with Crippen molar-refractivity contribution in [3.8, 4) is 0 Å². The molecule has 0 radical (unpaired) electrons. The highest BCUT2D eigenvalue weighted by molar-refractivity contribution is 5.87. The van der Waals surface area contributed by atoms with Crippen molar-refractivity contribution < 1.29 is 19.5 Å². The number of carbonyl (C=O) groups is 3. The Balaban J connectivity index is 1.81. The summed E-state index contributed by atoms with van der Waals surface area (Å²) in [5.41, 5.74) is 2.34. The lowest BCUT2D eigenvalue weighted by Gasteiger charge is -2.28. The quantitative estimate of drug-likeness (QED) is 0.747. The summed E-state index contributed by atoms with van der Waals surface area (Å²) in [6.07, 6.45) is 0.784. The molecule has 7 nitrogen and oxygen atoms in total. The minimum absolute atomic E-state index is 0.241. The van der Waals surface area contributed by atoms with E-state index in [-0.39, 0.29) is 12.6 Å². The molecular weight excluding hydrogens is 286 g/mol. The van der Waals surface area contributed by atoms with Gasteiger partial charge in [0.15, 0.2) is 0 Å². The number of fused-ring (bicyclic) bond motifs is 1. The number of hydrogen-bond acceptors (Lipinski definition) is 3. The Bertz CT molecular complexity index is 588. The number of nitrogens with one attached hydrogen (secondary N) is 2. The summed E-state index contributed by atoms with van der Waals surface area (Å²) in [6.45, 7) is 2.23. The van der Waals surface area contributed by atoms with Gasteiger partial charge >= 0.3 is 12.0 Å². The van der Waals surface area contributed by atoms with E-state index in [0.29, 0.717) is 13.1 Å². The van der Waals surface area contributed by atoms with Crippen LogP contribution in [0, 0.1) is 0 Å². The first-order valence-electron chi connectivity index (χ1n) is 7.09. The molecule has 7 heteroatoms. The largest absolute Gasteiger partial charge is 0.480 e. The highest BCUT2D eigenvalue weighted by Gasteiger charge is 2.21. The van der Waals surface area contributed by atoms with E-state index in [9.17, 15) is 14.4 Å². The van der Waals surface area contributed by atoms with Crippen molar-refractivity contribution in [3.05, 3.63) is 35.4 Å². The molecule has 0 bridgehead atoms. The summed E-state index contributed by atoms with van der Waals surface area (Å²) >= 11 is 0. The highest BCUT2D eigenvalue weighted by Crippen LogP contribution is 2.18. The van der Waals surface area contributed by atoms with Gasteiger partial charge in [0.1, 0.15) is 6.04 Å². The first-order valence-corrected chi connectivity index (χ1v) is 7.09. The molecule has 0 fully saturated rings. The topological polar surface area (TPSA) is 98.7 Å². The Morgan fingerprint density at radius 2 is 1.95 bits per heavy atom. The summed E-state index contributed by atoms with van der Waals surface area (Å²) in [6, 6.07) is 6.63. The molecule has 0 saturated carbocycles. The normalized spacial score (nSPS) is 14.7. The predicted molar refractivity (Wildman–Crippen MR) is 79.2 cm³/mol. The van der Waals surface area contributed by atoms with Gasteiger partial charge in [0.2, 0.25) is 5.91 Å². The Kier molecular flexibility index (Phi) is 4.98. The summed E-state index contributed by atoms with van der Waals surface area (Å²) in [5.74, 6) is -1.65. The summed E-state index contributed by atoms with van der Waals surface area (Å²) in [4.78, 5) is 35.8. The first kappa shape index (κ1) is 15.8. The molecule has 1 atom stereocenters. The second-order valence-corrected chi connectivity index (χ2v) is 5.23. The number of benzene rings is 1. The second kappa shape index (κ2) is 6.93. The van der Waals surface area contributed by atoms with E-state index < -0.39 is 17.9 Å². The van der Waals surface area contributed by atoms with Crippen LogP contribution in [0.25, 0.3) is 0 Å². The molecule has 1 aromatic carbocycles. The molecular formula is C15H19N3O4. The number of carbonyl (C=O) groups excluding carboxylic acids is 2. The number of hydrogen-bond donors (Lipinski definition) is 3. The number of amides is 3. The molecule has 1 aliphatic heterocycles. The zero-order chi connectivity index (χ0) is 16.1. The maximum Gasteiger partial charge on any atom is 0.325 e. The lowest BCUT2D eigenvalue weighted by molar-refractivity contribution is -0.141. The van der Waals surface area contributed by atoms with E-state index in [1.54, 1.807) is 4.90 Å². The fraction of sp³-hybridized carbons (Fsp3) is 0.400. The van der Waals surface area contributed by atoms with Crippen LogP contribution in [0.2, 0.25) is 0 Å². The zero-order valence-corrected chi connectivity index (χ0v) is 12.3. The van der Waals surface area contributed by atoms with Gasteiger partial charge in [-0.3, -0.25) is 9.59 Å². The van der Waals surface area contributed by atoms with E-state index in [1.807, 2.05) is 24.3 Å². The molecule has 22 heavy (non-hydrogen) atoms. The van der Waals surface area contributed by atoms with Gasteiger partial charge in [-0.1, -0.05) is 24.3 Å². The minimum Gasteiger partial charge on any atom is -0.480 e. The van der Waals surface area contributed by atoms with Crippen molar-refractivity contribution in [3.63, 3.8) is 0 Å².